The van der Waals surface area contributed by atoms with Crippen LogP contribution in [0.2, 0.25) is 0 Å². The smallest absolute Gasteiger partial charge is 0.337 e. The van der Waals surface area contributed by atoms with Crippen LogP contribution in [-0.4, -0.2) is 54.3 Å². The zero-order valence-electron chi connectivity index (χ0n) is 16.7. The van der Waals surface area contributed by atoms with Gasteiger partial charge in [-0.1, -0.05) is 29.8 Å². The van der Waals surface area contributed by atoms with E-state index in [0.29, 0.717) is 38.2 Å². The lowest BCUT2D eigenvalue weighted by Gasteiger charge is -2.22. The molecule has 2 aromatic carbocycles. The Labute approximate surface area is 173 Å². The predicted octanol–water partition coefficient (Wildman–Crippen LogP) is 3.80. The molecule has 2 aromatic rings. The monoisotopic (exact) mass is 419 g/mol. The molecule has 30 heavy (non-hydrogen) atoms. The van der Waals surface area contributed by atoms with Crippen LogP contribution in [0.3, 0.4) is 0 Å². The summed E-state index contributed by atoms with van der Waals surface area (Å²) in [6.45, 7) is 3.99. The second-order valence-electron chi connectivity index (χ2n) is 7.38. The quantitative estimate of drug-likeness (QED) is 0.820. The van der Waals surface area contributed by atoms with Gasteiger partial charge >= 0.3 is 6.18 Å². The van der Waals surface area contributed by atoms with Gasteiger partial charge in [0.25, 0.3) is 5.91 Å². The molecule has 0 bridgehead atoms. The van der Waals surface area contributed by atoms with Crippen LogP contribution in [0.1, 0.15) is 27.9 Å². The number of hydrogen-bond acceptors (Lipinski definition) is 3. The molecular weight excluding hydrogens is 395 g/mol. The Kier molecular flexibility index (Phi) is 6.77. The van der Waals surface area contributed by atoms with Crippen molar-refractivity contribution in [1.82, 2.24) is 9.80 Å². The summed E-state index contributed by atoms with van der Waals surface area (Å²) in [7, 11) is 0. The lowest BCUT2D eigenvalue weighted by Crippen LogP contribution is -2.38. The Bertz CT molecular complexity index is 914. The number of carbonyl (C=O) groups excluding carboxylic acids is 2. The maximum atomic E-state index is 13.1. The van der Waals surface area contributed by atoms with Crippen LogP contribution in [0.25, 0.3) is 0 Å². The minimum atomic E-state index is -4.54. The fourth-order valence-electron chi connectivity index (χ4n) is 3.52. The SMILES string of the molecule is Cc1cccc(C(=O)N2CCCN(CC(=O)Nc3ccccc3C(F)(F)F)CC2)c1. The number of anilines is 1. The lowest BCUT2D eigenvalue weighted by molar-refractivity contribution is -0.137. The third kappa shape index (κ3) is 5.60. The van der Waals surface area contributed by atoms with Crippen molar-refractivity contribution in [3.05, 3.63) is 65.2 Å². The molecular formula is C22H24F3N3O2. The van der Waals surface area contributed by atoms with Crippen LogP contribution >= 0.6 is 0 Å². The van der Waals surface area contributed by atoms with Crippen molar-refractivity contribution in [3.8, 4) is 0 Å². The molecule has 0 radical (unpaired) electrons. The van der Waals surface area contributed by atoms with Gasteiger partial charge in [-0.25, -0.2) is 0 Å². The van der Waals surface area contributed by atoms with E-state index in [-0.39, 0.29) is 18.1 Å². The van der Waals surface area contributed by atoms with E-state index in [1.165, 1.54) is 18.2 Å². The van der Waals surface area contributed by atoms with E-state index in [1.54, 1.807) is 11.0 Å². The van der Waals surface area contributed by atoms with Crippen LogP contribution < -0.4 is 5.32 Å². The minimum absolute atomic E-state index is 0.0291. The molecule has 2 amide bonds. The van der Waals surface area contributed by atoms with Crippen LogP contribution in [0.15, 0.2) is 48.5 Å². The zero-order chi connectivity index (χ0) is 21.7. The predicted molar refractivity (Wildman–Crippen MR) is 108 cm³/mol. The third-order valence-electron chi connectivity index (χ3n) is 5.01. The van der Waals surface area contributed by atoms with E-state index in [2.05, 4.69) is 5.32 Å². The zero-order valence-corrected chi connectivity index (χ0v) is 16.7. The maximum Gasteiger partial charge on any atom is 0.418 e. The molecule has 160 valence electrons. The fourth-order valence-corrected chi connectivity index (χ4v) is 3.52. The Morgan fingerprint density at radius 1 is 1.00 bits per heavy atom. The van der Waals surface area contributed by atoms with E-state index in [4.69, 9.17) is 0 Å². The number of hydrogen-bond donors (Lipinski definition) is 1. The first-order chi connectivity index (χ1) is 14.2. The van der Waals surface area contributed by atoms with Crippen molar-refractivity contribution in [2.24, 2.45) is 0 Å². The van der Waals surface area contributed by atoms with E-state index < -0.39 is 17.6 Å². The van der Waals surface area contributed by atoms with Gasteiger partial charge in [-0.2, -0.15) is 13.2 Å². The number of aryl methyl sites for hydroxylation is 1. The highest BCUT2D eigenvalue weighted by molar-refractivity contribution is 5.94. The Morgan fingerprint density at radius 2 is 1.77 bits per heavy atom. The number of amides is 2. The molecule has 1 N–H and O–H groups in total. The Hall–Kier alpha value is -2.87. The summed E-state index contributed by atoms with van der Waals surface area (Å²) in [5, 5.41) is 2.37. The molecule has 0 spiro atoms. The highest BCUT2D eigenvalue weighted by atomic mass is 19.4. The summed E-state index contributed by atoms with van der Waals surface area (Å²) in [6, 6.07) is 12.3. The standard InChI is InChI=1S/C22H24F3N3O2/c1-16-6-4-7-17(14-16)21(30)28-11-5-10-27(12-13-28)15-20(29)26-19-9-3-2-8-18(19)22(23,24)25/h2-4,6-9,14H,5,10-13,15H2,1H3,(H,26,29). The van der Waals surface area contributed by atoms with Crippen molar-refractivity contribution in [3.63, 3.8) is 0 Å². The van der Waals surface area contributed by atoms with Gasteiger partial charge in [0.2, 0.25) is 5.91 Å². The van der Waals surface area contributed by atoms with Crippen LogP contribution in [0, 0.1) is 6.92 Å². The molecule has 1 saturated heterocycles. The number of alkyl halides is 3. The molecule has 0 aliphatic carbocycles. The molecule has 5 nitrogen and oxygen atoms in total. The molecule has 0 unspecified atom stereocenters. The first kappa shape index (κ1) is 21.8. The largest absolute Gasteiger partial charge is 0.418 e. The van der Waals surface area contributed by atoms with Gasteiger partial charge in [0, 0.05) is 31.7 Å². The summed E-state index contributed by atoms with van der Waals surface area (Å²) in [5.41, 5.74) is 0.517. The average Bonchev–Trinajstić information content (AvgIpc) is 2.92. The van der Waals surface area contributed by atoms with Gasteiger partial charge in [-0.15, -0.1) is 0 Å². The third-order valence-corrected chi connectivity index (χ3v) is 5.01. The van der Waals surface area contributed by atoms with Gasteiger partial charge in [-0.3, -0.25) is 14.5 Å². The summed E-state index contributed by atoms with van der Waals surface area (Å²) in [5.74, 6) is -0.561. The van der Waals surface area contributed by atoms with Crippen molar-refractivity contribution in [2.75, 3.05) is 38.0 Å². The second-order valence-corrected chi connectivity index (χ2v) is 7.38. The van der Waals surface area contributed by atoms with Gasteiger partial charge in [0.05, 0.1) is 17.8 Å². The molecule has 3 rings (SSSR count). The van der Waals surface area contributed by atoms with Gasteiger partial charge in [-0.05, 0) is 37.6 Å². The summed E-state index contributed by atoms with van der Waals surface area (Å²) >= 11 is 0. The van der Waals surface area contributed by atoms with Crippen molar-refractivity contribution in [1.29, 1.82) is 0 Å². The molecule has 0 aromatic heterocycles. The van der Waals surface area contributed by atoms with E-state index in [9.17, 15) is 22.8 Å². The molecule has 0 saturated carbocycles. The number of nitrogens with zero attached hydrogens (tertiary/aromatic N) is 2. The molecule has 1 heterocycles. The maximum absolute atomic E-state index is 13.1. The number of para-hydroxylation sites is 1. The van der Waals surface area contributed by atoms with Crippen LogP contribution in [0.4, 0.5) is 18.9 Å². The number of halogens is 3. The molecule has 8 heteroatoms. The van der Waals surface area contributed by atoms with Gasteiger partial charge in [0.15, 0.2) is 0 Å². The van der Waals surface area contributed by atoms with Gasteiger partial charge < -0.3 is 10.2 Å². The summed E-state index contributed by atoms with van der Waals surface area (Å²) in [4.78, 5) is 28.7. The van der Waals surface area contributed by atoms with Gasteiger partial charge in [0.1, 0.15) is 0 Å². The highest BCUT2D eigenvalue weighted by Crippen LogP contribution is 2.34. The topological polar surface area (TPSA) is 52.7 Å². The molecule has 1 aliphatic rings. The number of carbonyl (C=O) groups is 2. The summed E-state index contributed by atoms with van der Waals surface area (Å²) < 4.78 is 39.3. The minimum Gasteiger partial charge on any atom is -0.337 e. The van der Waals surface area contributed by atoms with E-state index in [0.717, 1.165) is 11.6 Å². The first-order valence-electron chi connectivity index (χ1n) is 9.78. The average molecular weight is 419 g/mol. The highest BCUT2D eigenvalue weighted by Gasteiger charge is 2.33. The lowest BCUT2D eigenvalue weighted by atomic mass is 10.1. The second kappa shape index (κ2) is 9.30. The number of benzene rings is 2. The number of rotatable bonds is 4. The number of nitrogens with one attached hydrogen (secondary N) is 1. The normalized spacial score (nSPS) is 15.5. The van der Waals surface area contributed by atoms with E-state index in [1.807, 2.05) is 30.0 Å². The van der Waals surface area contributed by atoms with Crippen LogP contribution in [-0.2, 0) is 11.0 Å². The molecule has 1 aliphatic heterocycles. The van der Waals surface area contributed by atoms with Crippen molar-refractivity contribution < 1.29 is 22.8 Å². The Morgan fingerprint density at radius 3 is 2.50 bits per heavy atom. The van der Waals surface area contributed by atoms with Crippen molar-refractivity contribution in [2.45, 2.75) is 19.5 Å². The van der Waals surface area contributed by atoms with Crippen LogP contribution in [0.5, 0.6) is 0 Å². The summed E-state index contributed by atoms with van der Waals surface area (Å²) in [6.07, 6.45) is -3.85. The molecule has 0 atom stereocenters. The molecule has 1 fully saturated rings. The van der Waals surface area contributed by atoms with E-state index >= 15 is 0 Å². The first-order valence-corrected chi connectivity index (χ1v) is 9.78. The fraction of sp³-hybridized carbons (Fsp3) is 0.364. The Balaban J connectivity index is 1.58. The van der Waals surface area contributed by atoms with Crippen molar-refractivity contribution >= 4 is 17.5 Å².